The van der Waals surface area contributed by atoms with Gasteiger partial charge in [0.1, 0.15) is 17.9 Å². The van der Waals surface area contributed by atoms with Crippen LogP contribution >= 0.6 is 0 Å². The fraction of sp³-hybridized carbons (Fsp3) is 0.176. The van der Waals surface area contributed by atoms with E-state index in [1.165, 1.54) is 11.6 Å². The second-order valence-corrected chi connectivity index (χ2v) is 5.48. The van der Waals surface area contributed by atoms with Gasteiger partial charge in [-0.05, 0) is 11.6 Å². The third kappa shape index (κ3) is 3.89. The summed E-state index contributed by atoms with van der Waals surface area (Å²) in [5.74, 6) is 0.395. The van der Waals surface area contributed by atoms with E-state index in [0.29, 0.717) is 5.82 Å². The first-order valence-corrected chi connectivity index (χ1v) is 7.84. The molecule has 1 aromatic carbocycles. The Bertz CT molecular complexity index is 1060. The summed E-state index contributed by atoms with van der Waals surface area (Å²) in [5, 5.41) is 2.58. The molecule has 1 amide bonds. The maximum absolute atomic E-state index is 11.7. The number of H-pyrrole nitrogens is 2. The molecule has 3 N–H and O–H groups in total. The first-order chi connectivity index (χ1) is 12.5. The fourth-order valence-corrected chi connectivity index (χ4v) is 2.29. The second kappa shape index (κ2) is 7.51. The van der Waals surface area contributed by atoms with E-state index in [9.17, 15) is 14.4 Å². The molecule has 0 saturated carbocycles. The Balaban J connectivity index is 1.56. The third-order valence-electron chi connectivity index (χ3n) is 3.63. The molecule has 9 nitrogen and oxygen atoms in total. The normalized spacial score (nSPS) is 11.1. The molecular formula is C17H17N5O4. The summed E-state index contributed by atoms with van der Waals surface area (Å²) in [6, 6.07) is 9.35. The number of ether oxygens (including phenoxy) is 1. The van der Waals surface area contributed by atoms with Gasteiger partial charge in [0.2, 0.25) is 0 Å². The van der Waals surface area contributed by atoms with Crippen molar-refractivity contribution in [2.75, 3.05) is 6.54 Å². The third-order valence-corrected chi connectivity index (χ3v) is 3.63. The van der Waals surface area contributed by atoms with Crippen molar-refractivity contribution in [2.45, 2.75) is 6.61 Å². The molecule has 2 heterocycles. The van der Waals surface area contributed by atoms with Gasteiger partial charge in [0.15, 0.2) is 5.65 Å². The zero-order chi connectivity index (χ0) is 18.5. The van der Waals surface area contributed by atoms with Crippen LogP contribution in [0.5, 0.6) is 0 Å². The van der Waals surface area contributed by atoms with Crippen LogP contribution in [0.3, 0.4) is 0 Å². The lowest BCUT2D eigenvalue weighted by molar-refractivity contribution is 0.141. The van der Waals surface area contributed by atoms with Crippen LogP contribution in [0.15, 0.2) is 46.0 Å². The summed E-state index contributed by atoms with van der Waals surface area (Å²) in [6.45, 7) is 0.413. The molecule has 26 heavy (non-hydrogen) atoms. The Hall–Kier alpha value is -3.62. The molecule has 0 bridgehead atoms. The predicted molar refractivity (Wildman–Crippen MR) is 95.6 cm³/mol. The number of rotatable bonds is 5. The molecule has 0 aliphatic carbocycles. The van der Waals surface area contributed by atoms with E-state index in [1.807, 2.05) is 30.3 Å². The molecule has 0 aliphatic heterocycles. The number of aryl methyl sites for hydroxylation is 1. The highest BCUT2D eigenvalue weighted by Gasteiger charge is 2.09. The number of alkyl carbamates (subject to hydrolysis) is 1. The van der Waals surface area contributed by atoms with E-state index < -0.39 is 17.3 Å². The smallest absolute Gasteiger partial charge is 0.407 e. The number of nitrogens with one attached hydrogen (secondary N) is 3. The first-order valence-electron chi connectivity index (χ1n) is 7.84. The lowest BCUT2D eigenvalue weighted by Gasteiger charge is -2.04. The number of hydrogen-bond donors (Lipinski definition) is 3. The van der Waals surface area contributed by atoms with Crippen LogP contribution in [0, 0.1) is 0 Å². The van der Waals surface area contributed by atoms with Gasteiger partial charge >= 0.3 is 11.8 Å². The van der Waals surface area contributed by atoms with Gasteiger partial charge in [-0.25, -0.2) is 14.6 Å². The van der Waals surface area contributed by atoms with E-state index in [0.717, 1.165) is 5.56 Å². The summed E-state index contributed by atoms with van der Waals surface area (Å²) in [5.41, 5.74) is 0.303. The molecule has 3 rings (SSSR count). The van der Waals surface area contributed by atoms with Crippen molar-refractivity contribution in [1.82, 2.24) is 24.8 Å². The van der Waals surface area contributed by atoms with Crippen LogP contribution < -0.4 is 16.6 Å². The minimum Gasteiger partial charge on any atom is -0.445 e. The molecule has 2 aromatic heterocycles. The number of nitrogens with zero attached hydrogens (tertiary/aromatic N) is 2. The molecule has 0 saturated heterocycles. The highest BCUT2D eigenvalue weighted by molar-refractivity contribution is 5.72. The number of aromatic nitrogens is 4. The number of carbonyl (C=O) groups is 1. The standard InChI is InChI=1S/C17H17N5O4/c1-22-14-13(15(23)21-16(22)24)19-12(20-14)8-5-9-18-17(25)26-10-11-6-3-2-4-7-11/h2-8H,9-10H2,1H3,(H,18,25)(H,19,20)(H,21,23,24). The van der Waals surface area contributed by atoms with Crippen molar-refractivity contribution in [2.24, 2.45) is 7.05 Å². The first kappa shape index (κ1) is 17.2. The van der Waals surface area contributed by atoms with Crippen LogP contribution in [-0.4, -0.2) is 32.2 Å². The number of aromatic amines is 2. The van der Waals surface area contributed by atoms with E-state index >= 15 is 0 Å². The van der Waals surface area contributed by atoms with Crippen molar-refractivity contribution < 1.29 is 9.53 Å². The lowest BCUT2D eigenvalue weighted by atomic mass is 10.2. The minimum absolute atomic E-state index is 0.191. The quantitative estimate of drug-likeness (QED) is 0.627. The number of amides is 1. The van der Waals surface area contributed by atoms with Crippen LogP contribution in [0.25, 0.3) is 17.2 Å². The summed E-state index contributed by atoms with van der Waals surface area (Å²) >= 11 is 0. The van der Waals surface area contributed by atoms with Crippen molar-refractivity contribution in [3.05, 3.63) is 68.6 Å². The van der Waals surface area contributed by atoms with Gasteiger partial charge in [-0.3, -0.25) is 14.3 Å². The van der Waals surface area contributed by atoms with Crippen molar-refractivity contribution in [3.63, 3.8) is 0 Å². The van der Waals surface area contributed by atoms with E-state index in [1.54, 1.807) is 12.2 Å². The van der Waals surface area contributed by atoms with Gasteiger partial charge < -0.3 is 15.0 Å². The number of carbonyl (C=O) groups excluding carboxylic acids is 1. The SMILES string of the molecule is Cn1c(=O)[nH]c(=O)c2[nH]c(C=CCNC(=O)OCc3ccccc3)nc21. The van der Waals surface area contributed by atoms with Crippen molar-refractivity contribution >= 4 is 23.3 Å². The van der Waals surface area contributed by atoms with Crippen LogP contribution in [0.1, 0.15) is 11.4 Å². The monoisotopic (exact) mass is 355 g/mol. The van der Waals surface area contributed by atoms with E-state index in [2.05, 4.69) is 20.3 Å². The van der Waals surface area contributed by atoms with Gasteiger partial charge in [0, 0.05) is 13.6 Å². The molecule has 134 valence electrons. The fourth-order valence-electron chi connectivity index (χ4n) is 2.29. The average Bonchev–Trinajstić information content (AvgIpc) is 3.07. The average molecular weight is 355 g/mol. The number of fused-ring (bicyclic) bond motifs is 1. The number of benzene rings is 1. The van der Waals surface area contributed by atoms with E-state index in [-0.39, 0.29) is 24.3 Å². The van der Waals surface area contributed by atoms with Crippen LogP contribution in [0.2, 0.25) is 0 Å². The second-order valence-electron chi connectivity index (χ2n) is 5.48. The number of hydrogen-bond acceptors (Lipinski definition) is 5. The molecule has 0 spiro atoms. The van der Waals surface area contributed by atoms with Gasteiger partial charge in [-0.15, -0.1) is 0 Å². The van der Waals surface area contributed by atoms with Crippen LogP contribution in [-0.2, 0) is 18.4 Å². The maximum atomic E-state index is 11.7. The largest absolute Gasteiger partial charge is 0.445 e. The predicted octanol–water partition coefficient (Wildman–Crippen LogP) is 0.889. The summed E-state index contributed by atoms with van der Waals surface area (Å²) in [4.78, 5) is 44.1. The molecule has 3 aromatic rings. The molecule has 9 heteroatoms. The molecule has 0 aliphatic rings. The molecule has 0 atom stereocenters. The summed E-state index contributed by atoms with van der Waals surface area (Å²) in [6.07, 6.45) is 2.71. The molecular weight excluding hydrogens is 338 g/mol. The molecule has 0 radical (unpaired) electrons. The Morgan fingerprint density at radius 2 is 2.04 bits per heavy atom. The molecule has 0 unspecified atom stereocenters. The van der Waals surface area contributed by atoms with Gasteiger partial charge in [0.25, 0.3) is 5.56 Å². The highest BCUT2D eigenvalue weighted by Crippen LogP contribution is 2.05. The Morgan fingerprint density at radius 1 is 1.27 bits per heavy atom. The summed E-state index contributed by atoms with van der Waals surface area (Å²) < 4.78 is 6.32. The lowest BCUT2D eigenvalue weighted by Crippen LogP contribution is -2.28. The van der Waals surface area contributed by atoms with Gasteiger partial charge in [-0.1, -0.05) is 36.4 Å². The van der Waals surface area contributed by atoms with Crippen LogP contribution in [0.4, 0.5) is 4.79 Å². The highest BCUT2D eigenvalue weighted by atomic mass is 16.5. The molecule has 0 fully saturated rings. The van der Waals surface area contributed by atoms with Gasteiger partial charge in [-0.2, -0.15) is 0 Å². The zero-order valence-corrected chi connectivity index (χ0v) is 14.0. The Morgan fingerprint density at radius 3 is 2.81 bits per heavy atom. The number of imidazole rings is 1. The minimum atomic E-state index is -0.540. The topological polar surface area (TPSA) is 122 Å². The van der Waals surface area contributed by atoms with Gasteiger partial charge in [0.05, 0.1) is 0 Å². The van der Waals surface area contributed by atoms with Crippen molar-refractivity contribution in [3.8, 4) is 0 Å². The maximum Gasteiger partial charge on any atom is 0.407 e. The zero-order valence-electron chi connectivity index (χ0n) is 14.0. The van der Waals surface area contributed by atoms with Crippen molar-refractivity contribution in [1.29, 1.82) is 0 Å². The Kier molecular flexibility index (Phi) is 4.97. The Labute approximate surface area is 147 Å². The van der Waals surface area contributed by atoms with E-state index in [4.69, 9.17) is 4.74 Å². The summed E-state index contributed by atoms with van der Waals surface area (Å²) in [7, 11) is 1.51.